The molecule has 0 radical (unpaired) electrons. The Bertz CT molecular complexity index is 614. The van der Waals surface area contributed by atoms with Gasteiger partial charge in [-0.1, -0.05) is 22.0 Å². The van der Waals surface area contributed by atoms with Gasteiger partial charge in [-0.2, -0.15) is 0 Å². The van der Waals surface area contributed by atoms with Gasteiger partial charge in [0.2, 0.25) is 5.91 Å². The highest BCUT2D eigenvalue weighted by Gasteiger charge is 2.02. The van der Waals surface area contributed by atoms with Gasteiger partial charge in [0.1, 0.15) is 5.75 Å². The molecule has 2 aromatic rings. The Balaban J connectivity index is 1.74. The van der Waals surface area contributed by atoms with Crippen molar-refractivity contribution in [3.63, 3.8) is 0 Å². The lowest BCUT2D eigenvalue weighted by molar-refractivity contribution is -0.115. The van der Waals surface area contributed by atoms with Gasteiger partial charge in [0, 0.05) is 28.8 Å². The minimum absolute atomic E-state index is 0.0171. The standard InChI is InChI=1S/C17H19BrN2O2/c1-2-22-16-8-6-14(7-9-16)19-11-10-17(21)20-15-5-3-4-13(18)12-15/h3-9,12,19H,2,10-11H2,1H3,(H,20,21). The predicted octanol–water partition coefficient (Wildman–Crippen LogP) is 4.29. The van der Waals surface area contributed by atoms with Crippen molar-refractivity contribution in [3.8, 4) is 5.75 Å². The third kappa shape index (κ3) is 5.41. The minimum atomic E-state index is -0.0171. The minimum Gasteiger partial charge on any atom is -0.494 e. The van der Waals surface area contributed by atoms with Gasteiger partial charge in [0.15, 0.2) is 0 Å². The lowest BCUT2D eigenvalue weighted by Gasteiger charge is -2.09. The number of anilines is 2. The average Bonchev–Trinajstić information content (AvgIpc) is 2.49. The number of carbonyl (C=O) groups excluding carboxylic acids is 1. The van der Waals surface area contributed by atoms with Crippen LogP contribution in [0.4, 0.5) is 11.4 Å². The van der Waals surface area contributed by atoms with Crippen LogP contribution in [0.25, 0.3) is 0 Å². The first-order valence-electron chi connectivity index (χ1n) is 7.19. The molecule has 0 fully saturated rings. The summed E-state index contributed by atoms with van der Waals surface area (Å²) in [6.45, 7) is 3.19. The highest BCUT2D eigenvalue weighted by atomic mass is 79.9. The number of hydrogen-bond acceptors (Lipinski definition) is 3. The fourth-order valence-corrected chi connectivity index (χ4v) is 2.35. The summed E-state index contributed by atoms with van der Waals surface area (Å²) < 4.78 is 6.33. The smallest absolute Gasteiger partial charge is 0.226 e. The molecule has 2 rings (SSSR count). The summed E-state index contributed by atoms with van der Waals surface area (Å²) in [5, 5.41) is 6.08. The van der Waals surface area contributed by atoms with Gasteiger partial charge in [0.25, 0.3) is 0 Å². The van der Waals surface area contributed by atoms with Crippen LogP contribution < -0.4 is 15.4 Å². The number of halogens is 1. The van der Waals surface area contributed by atoms with Crippen molar-refractivity contribution in [2.24, 2.45) is 0 Å². The van der Waals surface area contributed by atoms with E-state index in [-0.39, 0.29) is 5.91 Å². The van der Waals surface area contributed by atoms with Gasteiger partial charge in [-0.15, -0.1) is 0 Å². The molecule has 4 nitrogen and oxygen atoms in total. The Hall–Kier alpha value is -2.01. The van der Waals surface area contributed by atoms with E-state index in [1.54, 1.807) is 0 Å². The Morgan fingerprint density at radius 2 is 1.91 bits per heavy atom. The molecule has 0 aliphatic rings. The summed E-state index contributed by atoms with van der Waals surface area (Å²) in [5.74, 6) is 0.831. The molecule has 2 N–H and O–H groups in total. The zero-order valence-electron chi connectivity index (χ0n) is 12.4. The van der Waals surface area contributed by atoms with E-state index in [2.05, 4.69) is 26.6 Å². The molecule has 0 aliphatic heterocycles. The van der Waals surface area contributed by atoms with Gasteiger partial charge in [-0.05, 0) is 49.4 Å². The second-order valence-electron chi connectivity index (χ2n) is 4.69. The summed E-state index contributed by atoms with van der Waals surface area (Å²) in [4.78, 5) is 11.9. The molecule has 0 aromatic heterocycles. The molecule has 0 aliphatic carbocycles. The summed E-state index contributed by atoms with van der Waals surface area (Å²) >= 11 is 3.38. The molecule has 0 heterocycles. The molecule has 0 saturated carbocycles. The van der Waals surface area contributed by atoms with Crippen LogP contribution in [0.2, 0.25) is 0 Å². The Morgan fingerprint density at radius 1 is 1.14 bits per heavy atom. The van der Waals surface area contributed by atoms with Crippen molar-refractivity contribution in [3.05, 3.63) is 53.0 Å². The van der Waals surface area contributed by atoms with Crippen molar-refractivity contribution in [2.75, 3.05) is 23.8 Å². The molecule has 22 heavy (non-hydrogen) atoms. The van der Waals surface area contributed by atoms with Gasteiger partial charge < -0.3 is 15.4 Å². The fourth-order valence-electron chi connectivity index (χ4n) is 1.95. The van der Waals surface area contributed by atoms with Crippen LogP contribution in [0.1, 0.15) is 13.3 Å². The van der Waals surface area contributed by atoms with Crippen molar-refractivity contribution in [2.45, 2.75) is 13.3 Å². The molecule has 116 valence electrons. The molecule has 1 amide bonds. The molecule has 2 aromatic carbocycles. The first-order chi connectivity index (χ1) is 10.7. The second-order valence-corrected chi connectivity index (χ2v) is 5.61. The van der Waals surface area contributed by atoms with Crippen LogP contribution in [0.15, 0.2) is 53.0 Å². The lowest BCUT2D eigenvalue weighted by atomic mass is 10.3. The van der Waals surface area contributed by atoms with Crippen molar-refractivity contribution >= 4 is 33.2 Å². The first kappa shape index (κ1) is 16.4. The normalized spacial score (nSPS) is 10.1. The van der Waals surface area contributed by atoms with Gasteiger partial charge in [-0.3, -0.25) is 4.79 Å². The number of carbonyl (C=O) groups is 1. The van der Waals surface area contributed by atoms with Crippen LogP contribution >= 0.6 is 15.9 Å². The first-order valence-corrected chi connectivity index (χ1v) is 7.99. The topological polar surface area (TPSA) is 50.4 Å². The van der Waals surface area contributed by atoms with E-state index >= 15 is 0 Å². The number of benzene rings is 2. The summed E-state index contributed by atoms with van der Waals surface area (Å²) in [6.07, 6.45) is 0.403. The number of amides is 1. The van der Waals surface area contributed by atoms with E-state index in [0.29, 0.717) is 19.6 Å². The maximum atomic E-state index is 11.9. The molecule has 0 spiro atoms. The molecule has 0 saturated heterocycles. The molecule has 5 heteroatoms. The van der Waals surface area contributed by atoms with Crippen molar-refractivity contribution < 1.29 is 9.53 Å². The van der Waals surface area contributed by atoms with Crippen LogP contribution in [-0.2, 0) is 4.79 Å². The van der Waals surface area contributed by atoms with Crippen LogP contribution in [-0.4, -0.2) is 19.1 Å². The van der Waals surface area contributed by atoms with Gasteiger partial charge >= 0.3 is 0 Å². The third-order valence-corrected chi connectivity index (χ3v) is 3.45. The van der Waals surface area contributed by atoms with Crippen LogP contribution in [0, 0.1) is 0 Å². The number of rotatable bonds is 7. The van der Waals surface area contributed by atoms with E-state index in [0.717, 1.165) is 21.6 Å². The van der Waals surface area contributed by atoms with Crippen LogP contribution in [0.5, 0.6) is 5.75 Å². The highest BCUT2D eigenvalue weighted by molar-refractivity contribution is 9.10. The average molecular weight is 363 g/mol. The molecular formula is C17H19BrN2O2. The number of nitrogens with one attached hydrogen (secondary N) is 2. The summed E-state index contributed by atoms with van der Waals surface area (Å²) in [5.41, 5.74) is 1.76. The predicted molar refractivity (Wildman–Crippen MR) is 93.5 cm³/mol. The summed E-state index contributed by atoms with van der Waals surface area (Å²) in [7, 11) is 0. The van der Waals surface area contributed by atoms with E-state index in [1.807, 2.05) is 55.5 Å². The maximum absolute atomic E-state index is 11.9. The summed E-state index contributed by atoms with van der Waals surface area (Å²) in [6, 6.07) is 15.2. The maximum Gasteiger partial charge on any atom is 0.226 e. The van der Waals surface area contributed by atoms with Gasteiger partial charge in [-0.25, -0.2) is 0 Å². The molecule has 0 atom stereocenters. The fraction of sp³-hybridized carbons (Fsp3) is 0.235. The van der Waals surface area contributed by atoms with Gasteiger partial charge in [0.05, 0.1) is 6.61 Å². The molecular weight excluding hydrogens is 344 g/mol. The van der Waals surface area contributed by atoms with Crippen molar-refractivity contribution in [1.29, 1.82) is 0 Å². The largest absolute Gasteiger partial charge is 0.494 e. The van der Waals surface area contributed by atoms with Crippen molar-refractivity contribution in [1.82, 2.24) is 0 Å². The number of ether oxygens (including phenoxy) is 1. The highest BCUT2D eigenvalue weighted by Crippen LogP contribution is 2.17. The quantitative estimate of drug-likeness (QED) is 0.772. The lowest BCUT2D eigenvalue weighted by Crippen LogP contribution is -2.16. The Morgan fingerprint density at radius 3 is 2.59 bits per heavy atom. The second kappa shape index (κ2) is 8.44. The van der Waals surface area contributed by atoms with E-state index < -0.39 is 0 Å². The van der Waals surface area contributed by atoms with E-state index in [9.17, 15) is 4.79 Å². The number of hydrogen-bond donors (Lipinski definition) is 2. The van der Waals surface area contributed by atoms with Crippen LogP contribution in [0.3, 0.4) is 0 Å². The third-order valence-electron chi connectivity index (χ3n) is 2.95. The Labute approximate surface area is 139 Å². The zero-order valence-corrected chi connectivity index (χ0v) is 14.0. The van der Waals surface area contributed by atoms with E-state index in [1.165, 1.54) is 0 Å². The monoisotopic (exact) mass is 362 g/mol. The Kier molecular flexibility index (Phi) is 6.27. The molecule has 0 bridgehead atoms. The zero-order chi connectivity index (χ0) is 15.8. The van der Waals surface area contributed by atoms with E-state index in [4.69, 9.17) is 4.74 Å². The molecule has 0 unspecified atom stereocenters. The SMILES string of the molecule is CCOc1ccc(NCCC(=O)Nc2cccc(Br)c2)cc1.